The summed E-state index contributed by atoms with van der Waals surface area (Å²) in [7, 11) is 0. The normalized spacial score (nSPS) is 12.4. The average Bonchev–Trinajstić information content (AvgIpc) is 2.29. The number of pyridine rings is 1. The molecule has 1 N–H and O–H groups in total. The fraction of sp³-hybridized carbons (Fsp3) is 0.154. The molecule has 1 unspecified atom stereocenters. The molecule has 17 heavy (non-hydrogen) atoms. The summed E-state index contributed by atoms with van der Waals surface area (Å²) < 4.78 is 1.01. The second-order valence-electron chi connectivity index (χ2n) is 3.76. The Morgan fingerprint density at radius 1 is 1.29 bits per heavy atom. The van der Waals surface area contributed by atoms with Crippen LogP contribution in [-0.4, -0.2) is 10.1 Å². The van der Waals surface area contributed by atoms with Crippen molar-refractivity contribution in [2.75, 3.05) is 0 Å². The molecular formula is C13H11BrClNO. The minimum atomic E-state index is -0.561. The Morgan fingerprint density at radius 2 is 2.12 bits per heavy atom. The van der Waals surface area contributed by atoms with Crippen LogP contribution in [0.1, 0.15) is 17.2 Å². The Bertz CT molecular complexity index is 501. The summed E-state index contributed by atoms with van der Waals surface area (Å²) in [6.45, 7) is 0. The van der Waals surface area contributed by atoms with Crippen LogP contribution in [-0.2, 0) is 6.42 Å². The number of aliphatic hydroxyl groups excluding tert-OH is 1. The topological polar surface area (TPSA) is 33.1 Å². The number of benzene rings is 1. The van der Waals surface area contributed by atoms with Gasteiger partial charge in [0.1, 0.15) is 5.15 Å². The number of nitrogens with zero attached hydrogens (tertiary/aromatic N) is 1. The molecule has 0 aliphatic carbocycles. The first-order valence-corrected chi connectivity index (χ1v) is 6.36. The van der Waals surface area contributed by atoms with Gasteiger partial charge in [-0.1, -0.05) is 45.7 Å². The highest BCUT2D eigenvalue weighted by Gasteiger charge is 2.09. The number of hydrogen-bond acceptors (Lipinski definition) is 2. The first kappa shape index (κ1) is 12.6. The molecule has 0 aliphatic heterocycles. The maximum atomic E-state index is 10.1. The summed E-state index contributed by atoms with van der Waals surface area (Å²) in [6.07, 6.45) is 1.60. The zero-order valence-corrected chi connectivity index (χ0v) is 11.3. The number of aliphatic hydroxyl groups is 1. The van der Waals surface area contributed by atoms with Crippen molar-refractivity contribution in [2.24, 2.45) is 0 Å². The van der Waals surface area contributed by atoms with Gasteiger partial charge >= 0.3 is 0 Å². The summed E-state index contributed by atoms with van der Waals surface area (Å²) in [5.41, 5.74) is 1.84. The standard InChI is InChI=1S/C13H11BrClNO/c14-11-3-1-2-9(6-11)7-12(17)10-4-5-13(15)16-8-10/h1-6,8,12,17H,7H2. The Morgan fingerprint density at radius 3 is 2.76 bits per heavy atom. The molecule has 2 rings (SSSR count). The van der Waals surface area contributed by atoms with Gasteiger partial charge in [-0.15, -0.1) is 0 Å². The monoisotopic (exact) mass is 311 g/mol. The largest absolute Gasteiger partial charge is 0.388 e. The van der Waals surface area contributed by atoms with Gasteiger partial charge in [-0.2, -0.15) is 0 Å². The lowest BCUT2D eigenvalue weighted by Crippen LogP contribution is -2.02. The Hall–Kier alpha value is -0.900. The van der Waals surface area contributed by atoms with E-state index in [0.717, 1.165) is 15.6 Å². The highest BCUT2D eigenvalue weighted by Crippen LogP contribution is 2.20. The fourth-order valence-corrected chi connectivity index (χ4v) is 2.15. The molecule has 1 aromatic carbocycles. The van der Waals surface area contributed by atoms with Crippen LogP contribution in [0.2, 0.25) is 5.15 Å². The summed E-state index contributed by atoms with van der Waals surface area (Å²) in [5, 5.41) is 10.5. The van der Waals surface area contributed by atoms with Crippen molar-refractivity contribution in [3.8, 4) is 0 Å². The third-order valence-electron chi connectivity index (χ3n) is 2.45. The predicted octanol–water partition coefficient (Wildman–Crippen LogP) is 3.77. The second kappa shape index (κ2) is 5.63. The lowest BCUT2D eigenvalue weighted by atomic mass is 10.0. The maximum absolute atomic E-state index is 10.1. The van der Waals surface area contributed by atoms with E-state index in [4.69, 9.17) is 11.6 Å². The van der Waals surface area contributed by atoms with Crippen molar-refractivity contribution in [2.45, 2.75) is 12.5 Å². The second-order valence-corrected chi connectivity index (χ2v) is 5.07. The van der Waals surface area contributed by atoms with E-state index in [9.17, 15) is 5.11 Å². The van der Waals surface area contributed by atoms with Crippen LogP contribution in [0.25, 0.3) is 0 Å². The van der Waals surface area contributed by atoms with Gasteiger partial charge < -0.3 is 5.11 Å². The van der Waals surface area contributed by atoms with E-state index in [2.05, 4.69) is 20.9 Å². The van der Waals surface area contributed by atoms with E-state index < -0.39 is 6.10 Å². The number of halogens is 2. The zero-order valence-electron chi connectivity index (χ0n) is 8.98. The van der Waals surface area contributed by atoms with Crippen molar-refractivity contribution >= 4 is 27.5 Å². The Labute approximate surface area is 113 Å². The highest BCUT2D eigenvalue weighted by atomic mass is 79.9. The van der Waals surface area contributed by atoms with Crippen LogP contribution < -0.4 is 0 Å². The minimum Gasteiger partial charge on any atom is -0.388 e. The molecule has 0 aliphatic rings. The fourth-order valence-electron chi connectivity index (χ4n) is 1.59. The first-order valence-electron chi connectivity index (χ1n) is 5.19. The molecule has 0 radical (unpaired) electrons. The van der Waals surface area contributed by atoms with E-state index in [0.29, 0.717) is 11.6 Å². The van der Waals surface area contributed by atoms with Gasteiger partial charge in [0.2, 0.25) is 0 Å². The van der Waals surface area contributed by atoms with Gasteiger partial charge in [0.15, 0.2) is 0 Å². The summed E-state index contributed by atoms with van der Waals surface area (Å²) in [6, 6.07) is 11.4. The van der Waals surface area contributed by atoms with Crippen molar-refractivity contribution in [1.29, 1.82) is 0 Å². The summed E-state index contributed by atoms with van der Waals surface area (Å²) in [5.74, 6) is 0. The minimum absolute atomic E-state index is 0.434. The van der Waals surface area contributed by atoms with Crippen LogP contribution in [0.5, 0.6) is 0 Å². The molecule has 0 bridgehead atoms. The Balaban J connectivity index is 2.11. The highest BCUT2D eigenvalue weighted by molar-refractivity contribution is 9.10. The third-order valence-corrected chi connectivity index (χ3v) is 3.17. The molecule has 0 spiro atoms. The molecule has 2 nitrogen and oxygen atoms in total. The molecule has 0 fully saturated rings. The van der Waals surface area contributed by atoms with Crippen molar-refractivity contribution < 1.29 is 5.11 Å². The first-order chi connectivity index (χ1) is 8.15. The molecule has 1 heterocycles. The molecule has 4 heteroatoms. The molecule has 0 amide bonds. The van der Waals surface area contributed by atoms with Gasteiger partial charge in [-0.05, 0) is 29.3 Å². The zero-order chi connectivity index (χ0) is 12.3. The van der Waals surface area contributed by atoms with E-state index >= 15 is 0 Å². The number of aromatic nitrogens is 1. The summed E-state index contributed by atoms with van der Waals surface area (Å²) >= 11 is 9.10. The van der Waals surface area contributed by atoms with E-state index in [1.54, 1.807) is 18.3 Å². The van der Waals surface area contributed by atoms with Gasteiger partial charge in [-0.3, -0.25) is 0 Å². The molecule has 2 aromatic rings. The SMILES string of the molecule is OC(Cc1cccc(Br)c1)c1ccc(Cl)nc1. The molecule has 88 valence electrons. The van der Waals surface area contributed by atoms with Gasteiger partial charge in [0.25, 0.3) is 0 Å². The van der Waals surface area contributed by atoms with Crippen LogP contribution in [0, 0.1) is 0 Å². The number of hydrogen-bond donors (Lipinski definition) is 1. The van der Waals surface area contributed by atoms with Crippen LogP contribution in [0.15, 0.2) is 47.1 Å². The lowest BCUT2D eigenvalue weighted by molar-refractivity contribution is 0.178. The van der Waals surface area contributed by atoms with Crippen molar-refractivity contribution in [3.05, 3.63) is 63.3 Å². The van der Waals surface area contributed by atoms with Crippen LogP contribution in [0.3, 0.4) is 0 Å². The van der Waals surface area contributed by atoms with Crippen LogP contribution >= 0.6 is 27.5 Å². The van der Waals surface area contributed by atoms with Gasteiger partial charge in [0.05, 0.1) is 6.10 Å². The van der Waals surface area contributed by atoms with Crippen molar-refractivity contribution in [3.63, 3.8) is 0 Å². The molecule has 1 atom stereocenters. The lowest BCUT2D eigenvalue weighted by Gasteiger charge is -2.10. The Kier molecular flexibility index (Phi) is 4.15. The third kappa shape index (κ3) is 3.53. The number of rotatable bonds is 3. The maximum Gasteiger partial charge on any atom is 0.129 e. The average molecular weight is 313 g/mol. The smallest absolute Gasteiger partial charge is 0.129 e. The van der Waals surface area contributed by atoms with Gasteiger partial charge in [0, 0.05) is 17.1 Å². The summed E-state index contributed by atoms with van der Waals surface area (Å²) in [4.78, 5) is 3.96. The van der Waals surface area contributed by atoms with Crippen LogP contribution in [0.4, 0.5) is 0 Å². The van der Waals surface area contributed by atoms with E-state index in [1.807, 2.05) is 24.3 Å². The molecular weight excluding hydrogens is 302 g/mol. The van der Waals surface area contributed by atoms with Crippen molar-refractivity contribution in [1.82, 2.24) is 4.98 Å². The van der Waals surface area contributed by atoms with Gasteiger partial charge in [-0.25, -0.2) is 4.98 Å². The predicted molar refractivity (Wildman–Crippen MR) is 72.1 cm³/mol. The quantitative estimate of drug-likeness (QED) is 0.875. The molecule has 0 saturated heterocycles. The van der Waals surface area contributed by atoms with E-state index in [-0.39, 0.29) is 0 Å². The molecule has 0 saturated carbocycles. The van der Waals surface area contributed by atoms with E-state index in [1.165, 1.54) is 0 Å². The molecule has 1 aromatic heterocycles.